The molecule has 54 heavy (non-hydrogen) atoms. The molecular formula is C52H35NS. The topological polar surface area (TPSA) is 3.24 Å². The Morgan fingerprint density at radius 1 is 0.296 bits per heavy atom. The Bertz CT molecular complexity index is 2920. The van der Waals surface area contributed by atoms with Crippen LogP contribution >= 0.6 is 11.3 Å². The number of para-hydroxylation sites is 1. The standard InChI is InChI=1S/C52H35NS/c1-2-12-36(13-3-1)37-24-29-43(30-25-37)53(50-22-8-6-19-47(50)42-28-33-49-48-20-7-9-23-51(48)54-52(49)35-42)44-31-26-38(27-32-44)40-16-10-17-41(34-40)46-21-11-15-39-14-4-5-18-45(39)46/h1-35H. The monoisotopic (exact) mass is 705 g/mol. The van der Waals surface area contributed by atoms with E-state index in [2.05, 4.69) is 217 Å². The molecule has 0 N–H and O–H groups in total. The molecule has 0 amide bonds. The van der Waals surface area contributed by atoms with Crippen LogP contribution in [0.4, 0.5) is 17.1 Å². The summed E-state index contributed by atoms with van der Waals surface area (Å²) in [6.07, 6.45) is 0. The summed E-state index contributed by atoms with van der Waals surface area (Å²) in [5, 5.41) is 5.16. The van der Waals surface area contributed by atoms with Crippen molar-refractivity contribution in [1.82, 2.24) is 0 Å². The van der Waals surface area contributed by atoms with Crippen LogP contribution < -0.4 is 4.90 Å². The van der Waals surface area contributed by atoms with Crippen molar-refractivity contribution in [3.05, 3.63) is 212 Å². The smallest absolute Gasteiger partial charge is 0.0540 e. The van der Waals surface area contributed by atoms with Crippen LogP contribution in [0.2, 0.25) is 0 Å². The Labute approximate surface area is 319 Å². The summed E-state index contributed by atoms with van der Waals surface area (Å²) in [6, 6.07) is 77.1. The molecule has 9 aromatic carbocycles. The first kappa shape index (κ1) is 32.0. The molecule has 0 spiro atoms. The van der Waals surface area contributed by atoms with Crippen molar-refractivity contribution in [3.8, 4) is 44.5 Å². The second kappa shape index (κ2) is 13.7. The number of anilines is 3. The van der Waals surface area contributed by atoms with Gasteiger partial charge in [-0.1, -0.05) is 164 Å². The number of hydrogen-bond acceptors (Lipinski definition) is 2. The molecule has 1 nitrogen and oxygen atoms in total. The zero-order valence-electron chi connectivity index (χ0n) is 29.6. The van der Waals surface area contributed by atoms with Gasteiger partial charge in [-0.3, -0.25) is 0 Å². The maximum Gasteiger partial charge on any atom is 0.0540 e. The minimum Gasteiger partial charge on any atom is -0.310 e. The number of benzene rings is 9. The van der Waals surface area contributed by atoms with Gasteiger partial charge in [-0.05, 0) is 98.2 Å². The zero-order valence-corrected chi connectivity index (χ0v) is 30.4. The Kier molecular flexibility index (Phi) is 8.09. The highest BCUT2D eigenvalue weighted by Crippen LogP contribution is 2.44. The third-order valence-electron chi connectivity index (χ3n) is 10.5. The normalized spacial score (nSPS) is 11.3. The van der Waals surface area contributed by atoms with Crippen molar-refractivity contribution < 1.29 is 0 Å². The first-order valence-electron chi connectivity index (χ1n) is 18.4. The van der Waals surface area contributed by atoms with Crippen molar-refractivity contribution in [2.75, 3.05) is 4.90 Å². The zero-order chi connectivity index (χ0) is 35.8. The fourth-order valence-electron chi connectivity index (χ4n) is 7.81. The lowest BCUT2D eigenvalue weighted by atomic mass is 9.95. The minimum absolute atomic E-state index is 1.10. The second-order valence-corrected chi connectivity index (χ2v) is 14.8. The van der Waals surface area contributed by atoms with Crippen molar-refractivity contribution in [2.45, 2.75) is 0 Å². The fraction of sp³-hybridized carbons (Fsp3) is 0. The van der Waals surface area contributed by atoms with Gasteiger partial charge in [0.15, 0.2) is 0 Å². The molecule has 10 aromatic rings. The third kappa shape index (κ3) is 5.84. The number of hydrogen-bond donors (Lipinski definition) is 0. The van der Waals surface area contributed by atoms with Crippen LogP contribution in [0.15, 0.2) is 212 Å². The van der Waals surface area contributed by atoms with E-state index in [0.29, 0.717) is 0 Å². The van der Waals surface area contributed by atoms with Crippen LogP contribution in [0.5, 0.6) is 0 Å². The Hall–Kier alpha value is -6.74. The number of fused-ring (bicyclic) bond motifs is 4. The van der Waals surface area contributed by atoms with Gasteiger partial charge < -0.3 is 4.90 Å². The molecule has 2 heteroatoms. The lowest BCUT2D eigenvalue weighted by Crippen LogP contribution is -2.11. The predicted octanol–water partition coefficient (Wildman–Crippen LogP) is 15.3. The summed E-state index contributed by atoms with van der Waals surface area (Å²) in [5.41, 5.74) is 13.0. The summed E-state index contributed by atoms with van der Waals surface area (Å²) in [4.78, 5) is 2.40. The van der Waals surface area contributed by atoms with Crippen LogP contribution in [-0.4, -0.2) is 0 Å². The van der Waals surface area contributed by atoms with Gasteiger partial charge >= 0.3 is 0 Å². The SMILES string of the molecule is c1ccc(-c2ccc(N(c3ccc(-c4cccc(-c5cccc6ccccc56)c4)cc3)c3ccccc3-c3ccc4c(c3)sc3ccccc34)cc2)cc1. The summed E-state index contributed by atoms with van der Waals surface area (Å²) in [6.45, 7) is 0. The van der Waals surface area contributed by atoms with Crippen molar-refractivity contribution in [1.29, 1.82) is 0 Å². The molecule has 0 fully saturated rings. The van der Waals surface area contributed by atoms with Crippen molar-refractivity contribution in [2.24, 2.45) is 0 Å². The van der Waals surface area contributed by atoms with E-state index in [0.717, 1.165) is 17.1 Å². The van der Waals surface area contributed by atoms with Crippen molar-refractivity contribution >= 4 is 59.3 Å². The quantitative estimate of drug-likeness (QED) is 0.160. The van der Waals surface area contributed by atoms with Gasteiger partial charge in [-0.25, -0.2) is 0 Å². The lowest BCUT2D eigenvalue weighted by molar-refractivity contribution is 1.28. The third-order valence-corrected chi connectivity index (χ3v) is 11.6. The maximum absolute atomic E-state index is 2.40. The predicted molar refractivity (Wildman–Crippen MR) is 233 cm³/mol. The van der Waals surface area contributed by atoms with Crippen LogP contribution in [-0.2, 0) is 0 Å². The molecular weight excluding hydrogens is 671 g/mol. The van der Waals surface area contributed by atoms with E-state index < -0.39 is 0 Å². The van der Waals surface area contributed by atoms with E-state index in [1.54, 1.807) is 0 Å². The Morgan fingerprint density at radius 2 is 0.815 bits per heavy atom. The van der Waals surface area contributed by atoms with E-state index in [4.69, 9.17) is 0 Å². The first-order valence-corrected chi connectivity index (χ1v) is 19.2. The Morgan fingerprint density at radius 3 is 1.63 bits per heavy atom. The van der Waals surface area contributed by atoms with Crippen LogP contribution in [0, 0.1) is 0 Å². The van der Waals surface area contributed by atoms with E-state index in [-0.39, 0.29) is 0 Å². The molecule has 0 aliphatic carbocycles. The van der Waals surface area contributed by atoms with Crippen LogP contribution in [0.3, 0.4) is 0 Å². The highest BCUT2D eigenvalue weighted by Gasteiger charge is 2.18. The highest BCUT2D eigenvalue weighted by molar-refractivity contribution is 7.25. The average Bonchev–Trinajstić information content (AvgIpc) is 3.63. The van der Waals surface area contributed by atoms with E-state index in [9.17, 15) is 0 Å². The maximum atomic E-state index is 2.40. The summed E-state index contributed by atoms with van der Waals surface area (Å²) < 4.78 is 2.62. The van der Waals surface area contributed by atoms with Crippen molar-refractivity contribution in [3.63, 3.8) is 0 Å². The van der Waals surface area contributed by atoms with Gasteiger partial charge in [0.2, 0.25) is 0 Å². The molecule has 0 saturated carbocycles. The number of nitrogens with zero attached hydrogens (tertiary/aromatic N) is 1. The van der Waals surface area contributed by atoms with Gasteiger partial charge in [0.05, 0.1) is 5.69 Å². The van der Waals surface area contributed by atoms with Gasteiger partial charge in [-0.15, -0.1) is 11.3 Å². The molecule has 0 saturated heterocycles. The number of thiophene rings is 1. The molecule has 1 aromatic heterocycles. The van der Waals surface area contributed by atoms with Gasteiger partial charge in [0.1, 0.15) is 0 Å². The molecule has 1 heterocycles. The molecule has 0 bridgehead atoms. The Balaban J connectivity index is 1.07. The fourth-order valence-corrected chi connectivity index (χ4v) is 8.96. The molecule has 0 atom stereocenters. The molecule has 254 valence electrons. The van der Waals surface area contributed by atoms with E-state index in [1.807, 2.05) is 11.3 Å². The molecule has 0 aliphatic rings. The van der Waals surface area contributed by atoms with Gasteiger partial charge in [0, 0.05) is 37.1 Å². The summed E-state index contributed by atoms with van der Waals surface area (Å²) in [5.74, 6) is 0. The molecule has 10 rings (SSSR count). The van der Waals surface area contributed by atoms with Gasteiger partial charge in [-0.2, -0.15) is 0 Å². The van der Waals surface area contributed by atoms with E-state index in [1.165, 1.54) is 75.5 Å². The molecule has 0 aliphatic heterocycles. The second-order valence-electron chi connectivity index (χ2n) is 13.7. The van der Waals surface area contributed by atoms with E-state index >= 15 is 0 Å². The average molecular weight is 706 g/mol. The minimum atomic E-state index is 1.10. The van der Waals surface area contributed by atoms with Gasteiger partial charge in [0.25, 0.3) is 0 Å². The highest BCUT2D eigenvalue weighted by atomic mass is 32.1. The molecule has 0 unspecified atom stereocenters. The first-order chi connectivity index (χ1) is 26.8. The molecule has 0 radical (unpaired) electrons. The van der Waals surface area contributed by atoms with Crippen LogP contribution in [0.25, 0.3) is 75.5 Å². The number of rotatable bonds is 7. The lowest BCUT2D eigenvalue weighted by Gasteiger charge is -2.28. The largest absolute Gasteiger partial charge is 0.310 e. The summed E-state index contributed by atoms with van der Waals surface area (Å²) in [7, 11) is 0. The van der Waals surface area contributed by atoms with Crippen LogP contribution in [0.1, 0.15) is 0 Å². The summed E-state index contributed by atoms with van der Waals surface area (Å²) >= 11 is 1.86.